The van der Waals surface area contributed by atoms with E-state index in [4.69, 9.17) is 0 Å². The molecule has 0 radical (unpaired) electrons. The average Bonchev–Trinajstić information content (AvgIpc) is 2.45. The van der Waals surface area contributed by atoms with Gasteiger partial charge in [0.05, 0.1) is 12.0 Å². The van der Waals surface area contributed by atoms with Gasteiger partial charge in [-0.05, 0) is 36.0 Å². The number of methoxy groups -OCH3 is 1. The van der Waals surface area contributed by atoms with Crippen LogP contribution in [-0.2, 0) is 19.6 Å². The first kappa shape index (κ1) is 18.6. The van der Waals surface area contributed by atoms with Crippen LogP contribution in [0.3, 0.4) is 0 Å². The number of esters is 1. The van der Waals surface area contributed by atoms with Crippen molar-refractivity contribution in [3.8, 4) is 0 Å². The minimum atomic E-state index is -3.75. The van der Waals surface area contributed by atoms with Crippen molar-refractivity contribution in [1.82, 2.24) is 4.72 Å². The molecule has 0 aliphatic rings. The van der Waals surface area contributed by atoms with Gasteiger partial charge in [-0.3, -0.25) is 4.79 Å². The maximum absolute atomic E-state index is 12.4. The number of ether oxygens (including phenoxy) is 1. The van der Waals surface area contributed by atoms with Crippen molar-refractivity contribution in [3.05, 3.63) is 29.8 Å². The van der Waals surface area contributed by atoms with Crippen LogP contribution in [-0.4, -0.2) is 27.5 Å². The lowest BCUT2D eigenvalue weighted by atomic mass is 10.0. The number of sulfonamides is 1. The van der Waals surface area contributed by atoms with Crippen molar-refractivity contribution in [2.75, 3.05) is 7.11 Å². The molecule has 6 heteroatoms. The molecule has 0 aromatic heterocycles. The number of hydrogen-bond acceptors (Lipinski definition) is 4. The molecule has 0 aliphatic carbocycles. The largest absolute Gasteiger partial charge is 0.468 e. The summed E-state index contributed by atoms with van der Waals surface area (Å²) in [7, 11) is -2.50. The van der Waals surface area contributed by atoms with Crippen LogP contribution in [0.5, 0.6) is 0 Å². The van der Waals surface area contributed by atoms with Crippen LogP contribution >= 0.6 is 0 Å². The quantitative estimate of drug-likeness (QED) is 0.782. The zero-order chi connectivity index (χ0) is 16.9. The maximum atomic E-state index is 12.4. The zero-order valence-corrected chi connectivity index (χ0v) is 14.6. The average molecular weight is 327 g/mol. The van der Waals surface area contributed by atoms with Crippen LogP contribution in [0.25, 0.3) is 0 Å². The number of carbonyl (C=O) groups excluding carboxylic acids is 1. The van der Waals surface area contributed by atoms with Gasteiger partial charge < -0.3 is 4.74 Å². The number of carbonyl (C=O) groups is 1. The van der Waals surface area contributed by atoms with Crippen molar-refractivity contribution in [2.45, 2.75) is 51.0 Å². The molecule has 1 atom stereocenters. The van der Waals surface area contributed by atoms with E-state index >= 15 is 0 Å². The van der Waals surface area contributed by atoms with Crippen molar-refractivity contribution in [3.63, 3.8) is 0 Å². The van der Waals surface area contributed by atoms with Gasteiger partial charge in [-0.2, -0.15) is 4.72 Å². The van der Waals surface area contributed by atoms with Gasteiger partial charge in [0, 0.05) is 0 Å². The van der Waals surface area contributed by atoms with Crippen LogP contribution in [0.4, 0.5) is 0 Å². The highest BCUT2D eigenvalue weighted by Gasteiger charge is 2.27. The van der Waals surface area contributed by atoms with Crippen LogP contribution < -0.4 is 4.72 Å². The molecule has 0 saturated heterocycles. The van der Waals surface area contributed by atoms with E-state index in [1.165, 1.54) is 7.11 Å². The Labute approximate surface area is 133 Å². The molecule has 22 heavy (non-hydrogen) atoms. The molecular formula is C16H25NO4S. The highest BCUT2D eigenvalue weighted by Crippen LogP contribution is 2.18. The van der Waals surface area contributed by atoms with Gasteiger partial charge >= 0.3 is 5.97 Å². The smallest absolute Gasteiger partial charge is 0.323 e. The summed E-state index contributed by atoms with van der Waals surface area (Å²) >= 11 is 0. The Morgan fingerprint density at radius 1 is 1.14 bits per heavy atom. The summed E-state index contributed by atoms with van der Waals surface area (Å²) in [6, 6.07) is 5.81. The molecule has 0 fully saturated rings. The molecule has 5 nitrogen and oxygen atoms in total. The Kier molecular flexibility index (Phi) is 6.56. The summed E-state index contributed by atoms with van der Waals surface area (Å²) < 4.78 is 31.9. The Balaban J connectivity index is 2.98. The van der Waals surface area contributed by atoms with Crippen molar-refractivity contribution >= 4 is 16.0 Å². The predicted octanol–water partition coefficient (Wildman–Crippen LogP) is 2.68. The molecule has 0 bridgehead atoms. The maximum Gasteiger partial charge on any atom is 0.323 e. The van der Waals surface area contributed by atoms with Gasteiger partial charge in [0.25, 0.3) is 0 Å². The second kappa shape index (κ2) is 7.74. The first-order chi connectivity index (χ1) is 10.2. The molecule has 0 heterocycles. The summed E-state index contributed by atoms with van der Waals surface area (Å²) in [5.41, 5.74) is 1.06. The Morgan fingerprint density at radius 3 is 2.09 bits per heavy atom. The van der Waals surface area contributed by atoms with Gasteiger partial charge in [-0.1, -0.05) is 39.8 Å². The van der Waals surface area contributed by atoms with E-state index in [9.17, 15) is 13.2 Å². The minimum absolute atomic E-state index is 0.148. The molecule has 0 saturated carbocycles. The van der Waals surface area contributed by atoms with Crippen molar-refractivity contribution in [1.29, 1.82) is 0 Å². The third kappa shape index (κ3) is 5.10. The summed E-state index contributed by atoms with van der Waals surface area (Å²) in [6.07, 6.45) is 0.385. The lowest BCUT2D eigenvalue weighted by Gasteiger charge is -2.18. The number of hydrogen-bond donors (Lipinski definition) is 1. The van der Waals surface area contributed by atoms with Gasteiger partial charge in [0.15, 0.2) is 0 Å². The van der Waals surface area contributed by atoms with Gasteiger partial charge in [-0.15, -0.1) is 0 Å². The lowest BCUT2D eigenvalue weighted by Crippen LogP contribution is -2.42. The number of rotatable bonds is 7. The van der Waals surface area contributed by atoms with E-state index in [1.807, 2.05) is 27.7 Å². The molecule has 1 rings (SSSR count). The van der Waals surface area contributed by atoms with Crippen molar-refractivity contribution < 1.29 is 17.9 Å². The van der Waals surface area contributed by atoms with E-state index in [0.717, 1.165) is 5.56 Å². The summed E-state index contributed by atoms with van der Waals surface area (Å²) in [5.74, 6) is -0.0836. The highest BCUT2D eigenvalue weighted by atomic mass is 32.2. The predicted molar refractivity (Wildman–Crippen MR) is 86.1 cm³/mol. The number of benzene rings is 1. The molecular weight excluding hydrogens is 302 g/mol. The second-order valence-electron chi connectivity index (χ2n) is 6.05. The second-order valence-corrected chi connectivity index (χ2v) is 7.76. The lowest BCUT2D eigenvalue weighted by molar-refractivity contribution is -0.143. The van der Waals surface area contributed by atoms with Gasteiger partial charge in [0.1, 0.15) is 6.04 Å². The number of nitrogens with one attached hydrogen (secondary N) is 1. The zero-order valence-electron chi connectivity index (χ0n) is 13.8. The molecule has 0 spiro atoms. The van der Waals surface area contributed by atoms with Crippen LogP contribution in [0.15, 0.2) is 29.2 Å². The molecule has 1 aromatic rings. The summed E-state index contributed by atoms with van der Waals surface area (Å²) in [6.45, 7) is 7.92. The topological polar surface area (TPSA) is 72.5 Å². The van der Waals surface area contributed by atoms with Crippen LogP contribution in [0, 0.1) is 5.92 Å². The minimum Gasteiger partial charge on any atom is -0.468 e. The third-order valence-electron chi connectivity index (χ3n) is 3.35. The van der Waals surface area contributed by atoms with E-state index < -0.39 is 22.0 Å². The van der Waals surface area contributed by atoms with E-state index in [0.29, 0.717) is 12.3 Å². The van der Waals surface area contributed by atoms with Gasteiger partial charge in [0.2, 0.25) is 10.0 Å². The molecule has 124 valence electrons. The SMILES string of the molecule is COC(=O)C(CC(C)C)NS(=O)(=O)c1ccc(C(C)C)cc1. The van der Waals surface area contributed by atoms with E-state index in [-0.39, 0.29) is 10.8 Å². The summed E-state index contributed by atoms with van der Waals surface area (Å²) in [4.78, 5) is 11.9. The fraction of sp³-hybridized carbons (Fsp3) is 0.562. The first-order valence-electron chi connectivity index (χ1n) is 7.37. The third-order valence-corrected chi connectivity index (χ3v) is 4.83. The fourth-order valence-electron chi connectivity index (χ4n) is 2.09. The van der Waals surface area contributed by atoms with Crippen LogP contribution in [0.1, 0.15) is 45.6 Å². The first-order valence-corrected chi connectivity index (χ1v) is 8.85. The van der Waals surface area contributed by atoms with Crippen molar-refractivity contribution in [2.24, 2.45) is 5.92 Å². The van der Waals surface area contributed by atoms with Gasteiger partial charge in [-0.25, -0.2) is 8.42 Å². The molecule has 1 unspecified atom stereocenters. The van der Waals surface area contributed by atoms with Crippen LogP contribution in [0.2, 0.25) is 0 Å². The Morgan fingerprint density at radius 2 is 1.68 bits per heavy atom. The molecule has 1 aromatic carbocycles. The monoisotopic (exact) mass is 327 g/mol. The standard InChI is InChI=1S/C16H25NO4S/c1-11(2)10-15(16(18)21-5)17-22(19,20)14-8-6-13(7-9-14)12(3)4/h6-9,11-12,15,17H,10H2,1-5H3. The molecule has 1 N–H and O–H groups in total. The van der Waals surface area contributed by atoms with E-state index in [1.54, 1.807) is 24.3 Å². The summed E-state index contributed by atoms with van der Waals surface area (Å²) in [5, 5.41) is 0. The fourth-order valence-corrected chi connectivity index (χ4v) is 3.29. The Hall–Kier alpha value is -1.40. The highest BCUT2D eigenvalue weighted by molar-refractivity contribution is 7.89. The van der Waals surface area contributed by atoms with E-state index in [2.05, 4.69) is 9.46 Å². The Bertz CT molecular complexity index is 591. The normalized spacial score (nSPS) is 13.4. The molecule has 0 amide bonds. The molecule has 0 aliphatic heterocycles.